The molecule has 1 atom stereocenters. The molecule has 2 aliphatic rings. The van der Waals surface area contributed by atoms with Crippen LogP contribution in [0.2, 0.25) is 0 Å². The summed E-state index contributed by atoms with van der Waals surface area (Å²) in [4.78, 5) is 24.0. The molecule has 27 heavy (non-hydrogen) atoms. The molecule has 1 aromatic rings. The maximum Gasteiger partial charge on any atom is 0.314 e. The summed E-state index contributed by atoms with van der Waals surface area (Å²) in [5, 5.41) is 9.19. The van der Waals surface area contributed by atoms with E-state index in [9.17, 15) is 19.2 Å². The molecule has 0 amide bonds. The van der Waals surface area contributed by atoms with Crippen molar-refractivity contribution in [3.05, 3.63) is 29.6 Å². The maximum absolute atomic E-state index is 14.4. The van der Waals surface area contributed by atoms with E-state index in [0.29, 0.717) is 5.56 Å². The van der Waals surface area contributed by atoms with Gasteiger partial charge in [0.15, 0.2) is 5.60 Å². The van der Waals surface area contributed by atoms with Crippen molar-refractivity contribution in [2.24, 2.45) is 5.92 Å². The number of carbonyl (C=O) groups is 2. The zero-order valence-corrected chi connectivity index (χ0v) is 15.7. The van der Waals surface area contributed by atoms with Crippen LogP contribution in [-0.4, -0.2) is 24.0 Å². The van der Waals surface area contributed by atoms with E-state index in [1.807, 2.05) is 0 Å². The Balaban J connectivity index is 1.80. The van der Waals surface area contributed by atoms with Crippen molar-refractivity contribution in [3.8, 4) is 11.8 Å². The summed E-state index contributed by atoms with van der Waals surface area (Å²) in [5.74, 6) is -0.812. The highest BCUT2D eigenvalue weighted by atomic mass is 19.1. The first-order valence-corrected chi connectivity index (χ1v) is 9.33. The zero-order chi connectivity index (χ0) is 19.7. The first-order valence-electron chi connectivity index (χ1n) is 9.33. The van der Waals surface area contributed by atoms with Crippen LogP contribution in [0.25, 0.3) is 0 Å². The van der Waals surface area contributed by atoms with E-state index in [2.05, 4.69) is 6.07 Å². The number of hydrogen-bond acceptors (Lipinski definition) is 5. The number of halogens is 1. The van der Waals surface area contributed by atoms with Crippen molar-refractivity contribution in [2.45, 2.75) is 63.4 Å². The molecule has 5 nitrogen and oxygen atoms in total. The largest absolute Gasteiger partial charge is 0.489 e. The standard InChI is InChI=1S/C21H24FNO4/c1-20(2,12-23)17-8-7-16(10-18(17)22)26-13-21(14-5-3-4-6-14)11-15(24)9-19(25)27-21/h7-8,10,14H,3-6,9,11,13H2,1-2H3. The molecule has 1 aliphatic carbocycles. The zero-order valence-electron chi connectivity index (χ0n) is 15.7. The molecular weight excluding hydrogens is 349 g/mol. The molecule has 0 bridgehead atoms. The Labute approximate surface area is 158 Å². The summed E-state index contributed by atoms with van der Waals surface area (Å²) in [5.41, 5.74) is -1.62. The fraction of sp³-hybridized carbons (Fsp3) is 0.571. The number of nitrogens with zero attached hydrogens (tertiary/aromatic N) is 1. The lowest BCUT2D eigenvalue weighted by Crippen LogP contribution is -2.51. The van der Waals surface area contributed by atoms with Crippen LogP contribution in [0, 0.1) is 23.1 Å². The Hall–Kier alpha value is -2.42. The number of nitriles is 1. The van der Waals surface area contributed by atoms with Crippen LogP contribution in [0.1, 0.15) is 57.9 Å². The highest BCUT2D eigenvalue weighted by molar-refractivity contribution is 5.98. The van der Waals surface area contributed by atoms with E-state index in [4.69, 9.17) is 9.47 Å². The van der Waals surface area contributed by atoms with Gasteiger partial charge in [0.05, 0.1) is 17.9 Å². The third kappa shape index (κ3) is 3.97. The average molecular weight is 373 g/mol. The third-order valence-corrected chi connectivity index (χ3v) is 5.63. The van der Waals surface area contributed by atoms with Crippen LogP contribution in [0.5, 0.6) is 5.75 Å². The first kappa shape index (κ1) is 19.3. The number of hydrogen-bond donors (Lipinski definition) is 0. The molecule has 1 saturated heterocycles. The minimum Gasteiger partial charge on any atom is -0.489 e. The molecule has 2 fully saturated rings. The highest BCUT2D eigenvalue weighted by Gasteiger charge is 2.49. The van der Waals surface area contributed by atoms with Gasteiger partial charge in [0, 0.05) is 17.5 Å². The van der Waals surface area contributed by atoms with Crippen molar-refractivity contribution < 1.29 is 23.5 Å². The van der Waals surface area contributed by atoms with E-state index < -0.39 is 22.8 Å². The number of ether oxygens (including phenoxy) is 2. The van der Waals surface area contributed by atoms with E-state index in [1.54, 1.807) is 19.9 Å². The Morgan fingerprint density at radius 1 is 1.33 bits per heavy atom. The second kappa shape index (κ2) is 7.30. The van der Waals surface area contributed by atoms with Crippen LogP contribution in [0.15, 0.2) is 18.2 Å². The fourth-order valence-electron chi connectivity index (χ4n) is 4.09. The van der Waals surface area contributed by atoms with E-state index in [0.717, 1.165) is 25.7 Å². The number of benzene rings is 1. The fourth-order valence-corrected chi connectivity index (χ4v) is 4.09. The minimum atomic E-state index is -0.968. The van der Waals surface area contributed by atoms with E-state index in [1.165, 1.54) is 12.1 Å². The number of carbonyl (C=O) groups excluding carboxylic acids is 2. The number of ketones is 1. The molecule has 1 unspecified atom stereocenters. The molecule has 0 spiro atoms. The second-order valence-electron chi connectivity index (χ2n) is 8.08. The summed E-state index contributed by atoms with van der Waals surface area (Å²) in [7, 11) is 0. The van der Waals surface area contributed by atoms with Gasteiger partial charge in [-0.2, -0.15) is 5.26 Å². The number of rotatable bonds is 5. The Morgan fingerprint density at radius 3 is 2.63 bits per heavy atom. The summed E-state index contributed by atoms with van der Waals surface area (Å²) < 4.78 is 25.9. The SMILES string of the molecule is CC(C)(C#N)c1ccc(OCC2(C3CCCC3)CC(=O)CC(=O)O2)cc1F. The second-order valence-corrected chi connectivity index (χ2v) is 8.08. The normalized spacial score (nSPS) is 23.8. The molecule has 144 valence electrons. The summed E-state index contributed by atoms with van der Waals surface area (Å²) in [6, 6.07) is 6.46. The average Bonchev–Trinajstić information content (AvgIpc) is 3.14. The number of Topliss-reactive ketones (excluding diaryl/α,β-unsaturated/α-hetero) is 1. The van der Waals surface area contributed by atoms with E-state index >= 15 is 0 Å². The van der Waals surface area contributed by atoms with Crippen LogP contribution < -0.4 is 4.74 Å². The van der Waals surface area contributed by atoms with Crippen molar-refractivity contribution in [1.29, 1.82) is 5.26 Å². The molecule has 0 radical (unpaired) electrons. The summed E-state index contributed by atoms with van der Waals surface area (Å²) >= 11 is 0. The summed E-state index contributed by atoms with van der Waals surface area (Å²) in [6.07, 6.45) is 3.78. The predicted octanol–water partition coefficient (Wildman–Crippen LogP) is 3.84. The monoisotopic (exact) mass is 373 g/mol. The van der Waals surface area contributed by atoms with Crippen molar-refractivity contribution in [3.63, 3.8) is 0 Å². The van der Waals surface area contributed by atoms with Crippen molar-refractivity contribution in [1.82, 2.24) is 0 Å². The summed E-state index contributed by atoms with van der Waals surface area (Å²) in [6.45, 7) is 3.32. The lowest BCUT2D eigenvalue weighted by Gasteiger charge is -2.40. The van der Waals surface area contributed by atoms with Gasteiger partial charge in [-0.3, -0.25) is 9.59 Å². The highest BCUT2D eigenvalue weighted by Crippen LogP contribution is 2.41. The smallest absolute Gasteiger partial charge is 0.314 e. The van der Waals surface area contributed by atoms with Crippen LogP contribution in [0.3, 0.4) is 0 Å². The molecule has 3 rings (SSSR count). The first-order chi connectivity index (χ1) is 12.8. The van der Waals surface area contributed by atoms with Crippen molar-refractivity contribution in [2.75, 3.05) is 6.61 Å². The molecular formula is C21H24FNO4. The van der Waals surface area contributed by atoms with E-state index in [-0.39, 0.29) is 36.9 Å². The lowest BCUT2D eigenvalue weighted by molar-refractivity contribution is -0.182. The van der Waals surface area contributed by atoms with Gasteiger partial charge >= 0.3 is 5.97 Å². The molecule has 1 aromatic carbocycles. The Bertz CT molecular complexity index is 774. The van der Waals surface area contributed by atoms with Crippen LogP contribution >= 0.6 is 0 Å². The Kier molecular flexibility index (Phi) is 5.23. The quantitative estimate of drug-likeness (QED) is 0.579. The van der Waals surface area contributed by atoms with Gasteiger partial charge < -0.3 is 9.47 Å². The third-order valence-electron chi connectivity index (χ3n) is 5.63. The topological polar surface area (TPSA) is 76.4 Å². The maximum atomic E-state index is 14.4. The lowest BCUT2D eigenvalue weighted by atomic mass is 9.80. The molecule has 1 heterocycles. The number of cyclic esters (lactones) is 1. The van der Waals surface area contributed by atoms with Gasteiger partial charge in [-0.1, -0.05) is 18.9 Å². The Morgan fingerprint density at radius 2 is 2.04 bits per heavy atom. The van der Waals surface area contributed by atoms with Crippen LogP contribution in [0.4, 0.5) is 4.39 Å². The van der Waals surface area contributed by atoms with Gasteiger partial charge in [-0.25, -0.2) is 4.39 Å². The van der Waals surface area contributed by atoms with Crippen LogP contribution in [-0.2, 0) is 19.7 Å². The minimum absolute atomic E-state index is 0.0234. The number of esters is 1. The molecule has 6 heteroatoms. The van der Waals surface area contributed by atoms with Gasteiger partial charge in [-0.15, -0.1) is 0 Å². The molecule has 0 N–H and O–H groups in total. The van der Waals surface area contributed by atoms with Gasteiger partial charge in [0.25, 0.3) is 0 Å². The van der Waals surface area contributed by atoms with Gasteiger partial charge in [-0.05, 0) is 32.8 Å². The predicted molar refractivity (Wildman–Crippen MR) is 95.6 cm³/mol. The molecule has 0 aromatic heterocycles. The van der Waals surface area contributed by atoms with Gasteiger partial charge in [0.1, 0.15) is 30.4 Å². The molecule has 1 aliphatic heterocycles. The molecule has 1 saturated carbocycles. The van der Waals surface area contributed by atoms with Gasteiger partial charge in [0.2, 0.25) is 0 Å². The van der Waals surface area contributed by atoms with Crippen molar-refractivity contribution >= 4 is 11.8 Å².